The molecule has 1 fully saturated rings. The minimum absolute atomic E-state index is 0.304. The van der Waals surface area contributed by atoms with Crippen molar-refractivity contribution in [1.82, 2.24) is 4.90 Å². The van der Waals surface area contributed by atoms with Crippen LogP contribution in [0.25, 0.3) is 0 Å². The summed E-state index contributed by atoms with van der Waals surface area (Å²) in [7, 11) is 2.07. The molecule has 0 radical (unpaired) electrons. The van der Waals surface area contributed by atoms with Gasteiger partial charge in [0.1, 0.15) is 18.5 Å². The van der Waals surface area contributed by atoms with Crippen LogP contribution in [0.15, 0.2) is 24.3 Å². The van der Waals surface area contributed by atoms with Crippen LogP contribution < -0.4 is 10.5 Å². The van der Waals surface area contributed by atoms with Gasteiger partial charge in [-0.25, -0.2) is 0 Å². The van der Waals surface area contributed by atoms with Gasteiger partial charge in [-0.05, 0) is 37.9 Å². The summed E-state index contributed by atoms with van der Waals surface area (Å²) in [6.07, 6.45) is 4.92. The van der Waals surface area contributed by atoms with Crippen molar-refractivity contribution in [2.75, 3.05) is 32.5 Å². The number of aliphatic hydroxyl groups excluding tert-OH is 1. The Kier molecular flexibility index (Phi) is 5.68. The van der Waals surface area contributed by atoms with Crippen molar-refractivity contribution in [3.8, 4) is 5.75 Å². The fraction of sp³-hybridized carbons (Fsp3) is 0.625. The van der Waals surface area contributed by atoms with Crippen molar-refractivity contribution < 1.29 is 9.84 Å². The molecule has 0 aliphatic heterocycles. The van der Waals surface area contributed by atoms with E-state index in [0.717, 1.165) is 12.5 Å². The van der Waals surface area contributed by atoms with E-state index >= 15 is 0 Å². The van der Waals surface area contributed by atoms with E-state index in [1.54, 1.807) is 6.07 Å². The summed E-state index contributed by atoms with van der Waals surface area (Å²) < 4.78 is 5.56. The molecule has 0 amide bonds. The average molecular weight is 278 g/mol. The fourth-order valence-corrected chi connectivity index (χ4v) is 2.92. The standard InChI is InChI=1S/C16H26N2O2/c1-18(10-13-5-2-3-6-13)11-15(19)12-20-16-8-4-7-14(17)9-16/h4,7-9,13,15,19H,2-3,5-6,10-12,17H2,1H3. The zero-order valence-electron chi connectivity index (χ0n) is 12.3. The lowest BCUT2D eigenvalue weighted by Crippen LogP contribution is -2.35. The molecule has 1 atom stereocenters. The molecule has 1 aromatic rings. The molecule has 0 spiro atoms. The lowest BCUT2D eigenvalue weighted by Gasteiger charge is -2.23. The number of rotatable bonds is 7. The molecule has 0 saturated heterocycles. The smallest absolute Gasteiger partial charge is 0.121 e. The molecular weight excluding hydrogens is 252 g/mol. The topological polar surface area (TPSA) is 58.7 Å². The van der Waals surface area contributed by atoms with Crippen LogP contribution in [-0.2, 0) is 0 Å². The highest BCUT2D eigenvalue weighted by Crippen LogP contribution is 2.25. The van der Waals surface area contributed by atoms with Crippen molar-refractivity contribution in [2.45, 2.75) is 31.8 Å². The van der Waals surface area contributed by atoms with Crippen LogP contribution in [0.1, 0.15) is 25.7 Å². The maximum Gasteiger partial charge on any atom is 0.121 e. The van der Waals surface area contributed by atoms with E-state index in [1.807, 2.05) is 18.2 Å². The van der Waals surface area contributed by atoms with Gasteiger partial charge in [0.2, 0.25) is 0 Å². The Bertz CT molecular complexity index is 405. The van der Waals surface area contributed by atoms with Gasteiger partial charge in [0.15, 0.2) is 0 Å². The first kappa shape index (κ1) is 15.1. The van der Waals surface area contributed by atoms with Crippen LogP contribution in [-0.4, -0.2) is 42.9 Å². The predicted molar refractivity (Wildman–Crippen MR) is 81.8 cm³/mol. The third kappa shape index (κ3) is 5.02. The number of hydrogen-bond donors (Lipinski definition) is 2. The Hall–Kier alpha value is -1.26. The van der Waals surface area contributed by atoms with Gasteiger partial charge in [-0.2, -0.15) is 0 Å². The van der Waals surface area contributed by atoms with Crippen molar-refractivity contribution in [1.29, 1.82) is 0 Å². The van der Waals surface area contributed by atoms with Crippen LogP contribution in [0.2, 0.25) is 0 Å². The molecule has 4 heteroatoms. The van der Waals surface area contributed by atoms with Crippen molar-refractivity contribution in [2.24, 2.45) is 5.92 Å². The number of nitrogens with two attached hydrogens (primary N) is 1. The molecule has 1 saturated carbocycles. The number of likely N-dealkylation sites (N-methyl/N-ethyl adjacent to an activating group) is 1. The maximum atomic E-state index is 10.0. The number of nitrogen functional groups attached to an aromatic ring is 1. The van der Waals surface area contributed by atoms with Gasteiger partial charge in [0.05, 0.1) is 0 Å². The molecular formula is C16H26N2O2. The highest BCUT2D eigenvalue weighted by Gasteiger charge is 2.18. The van der Waals surface area contributed by atoms with E-state index in [-0.39, 0.29) is 0 Å². The molecule has 0 aromatic heterocycles. The molecule has 4 nitrogen and oxygen atoms in total. The summed E-state index contributed by atoms with van der Waals surface area (Å²) >= 11 is 0. The lowest BCUT2D eigenvalue weighted by molar-refractivity contribution is 0.0720. The number of nitrogens with zero attached hydrogens (tertiary/aromatic N) is 1. The van der Waals surface area contributed by atoms with Crippen LogP contribution in [0.5, 0.6) is 5.75 Å². The summed E-state index contributed by atoms with van der Waals surface area (Å²) in [4.78, 5) is 2.21. The number of anilines is 1. The van der Waals surface area contributed by atoms with Crippen molar-refractivity contribution >= 4 is 5.69 Å². The van der Waals surface area contributed by atoms with Crippen LogP contribution in [0.3, 0.4) is 0 Å². The summed E-state index contributed by atoms with van der Waals surface area (Å²) in [5.41, 5.74) is 6.36. The second-order valence-corrected chi connectivity index (χ2v) is 5.91. The molecule has 20 heavy (non-hydrogen) atoms. The van der Waals surface area contributed by atoms with E-state index in [0.29, 0.717) is 24.6 Å². The summed E-state index contributed by atoms with van der Waals surface area (Å²) in [6, 6.07) is 7.29. The Labute approximate surface area is 121 Å². The molecule has 112 valence electrons. The minimum atomic E-state index is -0.470. The second-order valence-electron chi connectivity index (χ2n) is 5.91. The highest BCUT2D eigenvalue weighted by atomic mass is 16.5. The monoisotopic (exact) mass is 278 g/mol. The Morgan fingerprint density at radius 3 is 2.85 bits per heavy atom. The van der Waals surface area contributed by atoms with Crippen LogP contribution in [0.4, 0.5) is 5.69 Å². The number of aliphatic hydroxyl groups is 1. The first-order valence-corrected chi connectivity index (χ1v) is 7.48. The zero-order valence-corrected chi connectivity index (χ0v) is 12.3. The normalized spacial score (nSPS) is 17.6. The lowest BCUT2D eigenvalue weighted by atomic mass is 10.1. The molecule has 3 N–H and O–H groups in total. The molecule has 1 aliphatic rings. The molecule has 1 aromatic carbocycles. The maximum absolute atomic E-state index is 10.0. The molecule has 2 rings (SSSR count). The third-order valence-electron chi connectivity index (χ3n) is 3.87. The van der Waals surface area contributed by atoms with Crippen molar-refractivity contribution in [3.63, 3.8) is 0 Å². The predicted octanol–water partition coefficient (Wildman–Crippen LogP) is 2.13. The van der Waals surface area contributed by atoms with Gasteiger partial charge in [-0.1, -0.05) is 18.9 Å². The van der Waals surface area contributed by atoms with E-state index in [2.05, 4.69) is 11.9 Å². The Morgan fingerprint density at radius 2 is 2.15 bits per heavy atom. The molecule has 0 bridgehead atoms. The van der Waals surface area contributed by atoms with Crippen LogP contribution >= 0.6 is 0 Å². The van der Waals surface area contributed by atoms with Gasteiger partial charge in [-0.3, -0.25) is 0 Å². The molecule has 1 aliphatic carbocycles. The Balaban J connectivity index is 1.67. The SMILES string of the molecule is CN(CC(O)COc1cccc(N)c1)CC1CCCC1. The third-order valence-corrected chi connectivity index (χ3v) is 3.87. The minimum Gasteiger partial charge on any atom is -0.491 e. The van der Waals surface area contributed by atoms with Gasteiger partial charge in [-0.15, -0.1) is 0 Å². The summed E-state index contributed by atoms with van der Waals surface area (Å²) in [5.74, 6) is 1.52. The Morgan fingerprint density at radius 1 is 1.40 bits per heavy atom. The van der Waals surface area contributed by atoms with E-state index in [1.165, 1.54) is 25.7 Å². The van der Waals surface area contributed by atoms with Gasteiger partial charge in [0, 0.05) is 24.8 Å². The highest BCUT2D eigenvalue weighted by molar-refractivity contribution is 5.43. The summed E-state index contributed by atoms with van der Waals surface area (Å²) in [5, 5.41) is 10.0. The fourth-order valence-electron chi connectivity index (χ4n) is 2.92. The van der Waals surface area contributed by atoms with Crippen molar-refractivity contribution in [3.05, 3.63) is 24.3 Å². The summed E-state index contributed by atoms with van der Waals surface area (Å²) in [6.45, 7) is 2.03. The molecule has 0 heterocycles. The van der Waals surface area contributed by atoms with Gasteiger partial charge >= 0.3 is 0 Å². The largest absolute Gasteiger partial charge is 0.491 e. The van der Waals surface area contributed by atoms with Gasteiger partial charge in [0.25, 0.3) is 0 Å². The number of benzene rings is 1. The average Bonchev–Trinajstić information content (AvgIpc) is 2.89. The number of ether oxygens (including phenoxy) is 1. The van der Waals surface area contributed by atoms with Gasteiger partial charge < -0.3 is 20.5 Å². The van der Waals surface area contributed by atoms with E-state index in [9.17, 15) is 5.11 Å². The molecule has 1 unspecified atom stereocenters. The zero-order chi connectivity index (χ0) is 14.4. The first-order chi connectivity index (χ1) is 9.63. The second kappa shape index (κ2) is 7.50. The first-order valence-electron chi connectivity index (χ1n) is 7.48. The van der Waals surface area contributed by atoms with E-state index in [4.69, 9.17) is 10.5 Å². The van der Waals surface area contributed by atoms with Crippen LogP contribution in [0, 0.1) is 5.92 Å². The number of hydrogen-bond acceptors (Lipinski definition) is 4. The quantitative estimate of drug-likeness (QED) is 0.750. The van der Waals surface area contributed by atoms with E-state index < -0.39 is 6.10 Å².